The highest BCUT2D eigenvalue weighted by atomic mass is 32.1. The van der Waals surface area contributed by atoms with Gasteiger partial charge >= 0.3 is 0 Å². The van der Waals surface area contributed by atoms with Gasteiger partial charge in [0.1, 0.15) is 23.3 Å². The molecule has 4 aromatic rings. The molecular formula is C26H23N3O2S. The lowest BCUT2D eigenvalue weighted by Crippen LogP contribution is -2.29. The van der Waals surface area contributed by atoms with E-state index >= 15 is 0 Å². The van der Waals surface area contributed by atoms with Crippen LogP contribution in [0.2, 0.25) is 0 Å². The Labute approximate surface area is 192 Å². The SMILES string of the molecule is COc1ccc(CN2C(=S)N[C@@H](c3ccccn3)[C@@H]2c2ccc(-c3ccccc3)o2)cc1. The first kappa shape index (κ1) is 20.3. The fourth-order valence-electron chi connectivity index (χ4n) is 4.08. The highest BCUT2D eigenvalue weighted by Gasteiger charge is 2.41. The molecule has 0 aliphatic carbocycles. The first-order valence-electron chi connectivity index (χ1n) is 10.5. The smallest absolute Gasteiger partial charge is 0.170 e. The summed E-state index contributed by atoms with van der Waals surface area (Å²) in [7, 11) is 1.67. The van der Waals surface area contributed by atoms with Crippen LogP contribution < -0.4 is 10.1 Å². The van der Waals surface area contributed by atoms with Gasteiger partial charge in [0.05, 0.1) is 18.8 Å². The van der Waals surface area contributed by atoms with Crippen LogP contribution >= 0.6 is 12.2 Å². The minimum atomic E-state index is -0.128. The number of thiocarbonyl (C=S) groups is 1. The van der Waals surface area contributed by atoms with Gasteiger partial charge in [-0.1, -0.05) is 48.5 Å². The molecule has 1 aliphatic rings. The Morgan fingerprint density at radius 2 is 1.75 bits per heavy atom. The van der Waals surface area contributed by atoms with Crippen LogP contribution in [0.5, 0.6) is 5.75 Å². The molecule has 6 heteroatoms. The lowest BCUT2D eigenvalue weighted by molar-refractivity contribution is 0.269. The molecule has 0 radical (unpaired) electrons. The average Bonchev–Trinajstić information content (AvgIpc) is 3.46. The van der Waals surface area contributed by atoms with E-state index < -0.39 is 0 Å². The van der Waals surface area contributed by atoms with Crippen LogP contribution in [0, 0.1) is 0 Å². The summed E-state index contributed by atoms with van der Waals surface area (Å²) in [6.45, 7) is 0.644. The van der Waals surface area contributed by atoms with Crippen LogP contribution in [0.25, 0.3) is 11.3 Å². The number of benzene rings is 2. The van der Waals surface area contributed by atoms with Crippen molar-refractivity contribution in [1.29, 1.82) is 0 Å². The third-order valence-electron chi connectivity index (χ3n) is 5.69. The van der Waals surface area contributed by atoms with E-state index in [9.17, 15) is 0 Å². The van der Waals surface area contributed by atoms with E-state index in [0.29, 0.717) is 11.7 Å². The zero-order valence-electron chi connectivity index (χ0n) is 17.6. The van der Waals surface area contributed by atoms with Gasteiger partial charge in [-0.2, -0.15) is 0 Å². The summed E-state index contributed by atoms with van der Waals surface area (Å²) in [5.41, 5.74) is 3.11. The molecule has 1 fully saturated rings. The van der Waals surface area contributed by atoms with Gasteiger partial charge in [0.2, 0.25) is 0 Å². The molecule has 32 heavy (non-hydrogen) atoms. The summed E-state index contributed by atoms with van der Waals surface area (Å²) >= 11 is 5.76. The molecule has 1 aliphatic heterocycles. The van der Waals surface area contributed by atoms with E-state index in [2.05, 4.69) is 27.3 Å². The van der Waals surface area contributed by atoms with Crippen LogP contribution in [0.1, 0.15) is 29.1 Å². The number of nitrogens with zero attached hydrogens (tertiary/aromatic N) is 2. The lowest BCUT2D eigenvalue weighted by atomic mass is 10.0. The third kappa shape index (κ3) is 3.97. The van der Waals surface area contributed by atoms with Crippen molar-refractivity contribution in [3.8, 4) is 17.1 Å². The third-order valence-corrected chi connectivity index (χ3v) is 6.04. The Hall–Kier alpha value is -3.64. The fourth-order valence-corrected chi connectivity index (χ4v) is 4.39. The van der Waals surface area contributed by atoms with Crippen molar-refractivity contribution in [2.75, 3.05) is 7.11 Å². The number of ether oxygens (including phenoxy) is 1. The summed E-state index contributed by atoms with van der Waals surface area (Å²) in [5.74, 6) is 2.51. The summed E-state index contributed by atoms with van der Waals surface area (Å²) in [5, 5.41) is 4.15. The second-order valence-corrected chi connectivity index (χ2v) is 8.06. The van der Waals surface area contributed by atoms with Crippen LogP contribution in [-0.2, 0) is 6.54 Å². The first-order valence-corrected chi connectivity index (χ1v) is 10.9. The summed E-state index contributed by atoms with van der Waals surface area (Å²) in [6.07, 6.45) is 1.81. The molecule has 0 saturated carbocycles. The minimum Gasteiger partial charge on any atom is -0.497 e. The molecule has 0 spiro atoms. The van der Waals surface area contributed by atoms with Gasteiger partial charge in [-0.25, -0.2) is 0 Å². The number of rotatable bonds is 6. The van der Waals surface area contributed by atoms with E-state index in [-0.39, 0.29) is 12.1 Å². The Morgan fingerprint density at radius 1 is 0.969 bits per heavy atom. The zero-order chi connectivity index (χ0) is 21.9. The molecular weight excluding hydrogens is 418 g/mol. The summed E-state index contributed by atoms with van der Waals surface area (Å²) < 4.78 is 11.7. The molecule has 5 nitrogen and oxygen atoms in total. The quantitative estimate of drug-likeness (QED) is 0.398. The van der Waals surface area contributed by atoms with Crippen LogP contribution in [0.4, 0.5) is 0 Å². The first-order chi connectivity index (χ1) is 15.7. The van der Waals surface area contributed by atoms with E-state index in [0.717, 1.165) is 34.1 Å². The maximum absolute atomic E-state index is 6.37. The topological polar surface area (TPSA) is 50.5 Å². The molecule has 5 rings (SSSR count). The largest absolute Gasteiger partial charge is 0.497 e. The predicted octanol–water partition coefficient (Wildman–Crippen LogP) is 5.52. The molecule has 0 bridgehead atoms. The van der Waals surface area contributed by atoms with E-state index in [4.69, 9.17) is 21.4 Å². The number of hydrogen-bond donors (Lipinski definition) is 1. The molecule has 3 heterocycles. The Kier molecular flexibility index (Phi) is 5.60. The molecule has 2 atom stereocenters. The minimum absolute atomic E-state index is 0.114. The lowest BCUT2D eigenvalue weighted by Gasteiger charge is -2.26. The summed E-state index contributed by atoms with van der Waals surface area (Å²) in [4.78, 5) is 6.76. The van der Waals surface area contributed by atoms with Crippen molar-refractivity contribution in [2.24, 2.45) is 0 Å². The highest BCUT2D eigenvalue weighted by molar-refractivity contribution is 7.80. The van der Waals surface area contributed by atoms with Crippen molar-refractivity contribution in [1.82, 2.24) is 15.2 Å². The number of nitrogens with one attached hydrogen (secondary N) is 1. The van der Waals surface area contributed by atoms with Crippen molar-refractivity contribution >= 4 is 17.3 Å². The number of furan rings is 1. The van der Waals surface area contributed by atoms with Crippen molar-refractivity contribution in [3.63, 3.8) is 0 Å². The molecule has 1 N–H and O–H groups in total. The normalized spacial score (nSPS) is 17.9. The number of aromatic nitrogens is 1. The molecule has 2 aromatic carbocycles. The van der Waals surface area contributed by atoms with E-state index in [1.807, 2.05) is 72.8 Å². The Morgan fingerprint density at radius 3 is 2.47 bits per heavy atom. The van der Waals surface area contributed by atoms with E-state index in [1.165, 1.54) is 0 Å². The zero-order valence-corrected chi connectivity index (χ0v) is 18.5. The maximum Gasteiger partial charge on any atom is 0.170 e. The van der Waals surface area contributed by atoms with Gasteiger partial charge in [0.15, 0.2) is 5.11 Å². The maximum atomic E-state index is 6.37. The van der Waals surface area contributed by atoms with Gasteiger partial charge in [0.25, 0.3) is 0 Å². The molecule has 160 valence electrons. The van der Waals surface area contributed by atoms with Crippen LogP contribution in [-0.4, -0.2) is 22.1 Å². The van der Waals surface area contributed by atoms with Crippen molar-refractivity contribution < 1.29 is 9.15 Å². The Bertz CT molecular complexity index is 1190. The van der Waals surface area contributed by atoms with Crippen LogP contribution in [0.3, 0.4) is 0 Å². The van der Waals surface area contributed by atoms with Crippen molar-refractivity contribution in [2.45, 2.75) is 18.6 Å². The fraction of sp³-hybridized carbons (Fsp3) is 0.154. The molecule has 0 amide bonds. The average molecular weight is 442 g/mol. The second kappa shape index (κ2) is 8.85. The van der Waals surface area contributed by atoms with Crippen molar-refractivity contribution in [3.05, 3.63) is 108 Å². The van der Waals surface area contributed by atoms with Gasteiger partial charge < -0.3 is 19.4 Å². The van der Waals surface area contributed by atoms with Gasteiger partial charge in [-0.3, -0.25) is 4.98 Å². The van der Waals surface area contributed by atoms with Gasteiger partial charge in [0, 0.05) is 18.3 Å². The van der Waals surface area contributed by atoms with Gasteiger partial charge in [-0.15, -0.1) is 0 Å². The highest BCUT2D eigenvalue weighted by Crippen LogP contribution is 2.41. The second-order valence-electron chi connectivity index (χ2n) is 7.67. The monoisotopic (exact) mass is 441 g/mol. The molecule has 2 aromatic heterocycles. The number of pyridine rings is 1. The number of methoxy groups -OCH3 is 1. The summed E-state index contributed by atoms with van der Waals surface area (Å²) in [6, 6.07) is 27.9. The molecule has 1 saturated heterocycles. The molecule has 0 unspecified atom stereocenters. The Balaban J connectivity index is 1.51. The number of hydrogen-bond acceptors (Lipinski definition) is 4. The van der Waals surface area contributed by atoms with E-state index in [1.54, 1.807) is 13.3 Å². The predicted molar refractivity (Wildman–Crippen MR) is 128 cm³/mol. The standard InChI is InChI=1S/C26H23N3O2S/c1-30-20-12-10-18(11-13-20)17-29-25(24(28-26(29)32)21-9-5-6-16-27-21)23-15-14-22(31-23)19-7-3-2-4-8-19/h2-16,24-25H,17H2,1H3,(H,28,32)/t24-,25-/m0/s1. The van der Waals surface area contributed by atoms with Crippen LogP contribution in [0.15, 0.2) is 95.5 Å². The van der Waals surface area contributed by atoms with Gasteiger partial charge in [-0.05, 0) is 54.2 Å².